The molecule has 1 aromatic carbocycles. The van der Waals surface area contributed by atoms with Gasteiger partial charge in [-0.25, -0.2) is 0 Å². The fourth-order valence-electron chi connectivity index (χ4n) is 2.98. The Morgan fingerprint density at radius 3 is 2.72 bits per heavy atom. The normalized spacial score (nSPS) is 13.3. The molecule has 9 nitrogen and oxygen atoms in total. The van der Waals surface area contributed by atoms with Gasteiger partial charge in [-0.1, -0.05) is 17.8 Å². The molecule has 10 heteroatoms. The van der Waals surface area contributed by atoms with Gasteiger partial charge in [0.05, 0.1) is 5.75 Å². The molecular weight excluding hydrogens is 392 g/mol. The Kier molecular flexibility index (Phi) is 7.23. The lowest BCUT2D eigenvalue weighted by molar-refractivity contribution is -0.130. The molecule has 1 saturated heterocycles. The number of aryl methyl sites for hydroxylation is 1. The van der Waals surface area contributed by atoms with Crippen LogP contribution in [-0.4, -0.2) is 62.8 Å². The molecule has 0 atom stereocenters. The summed E-state index contributed by atoms with van der Waals surface area (Å²) < 4.78 is 1.73. The molecular formula is C19H24N6O3S. The standard InChI is InChI=1S/C19H24N6O3S/c1-24-13-21-23-19(24)29-12-16(26)22-15-6-4-5-14(11-15)18(28)20-8-7-17(27)25-9-2-3-10-25/h4-6,11,13H,2-3,7-10,12H2,1H3,(H,20,28)(H,22,26). The van der Waals surface area contributed by atoms with E-state index in [4.69, 9.17) is 0 Å². The van der Waals surface area contributed by atoms with Gasteiger partial charge in [0.15, 0.2) is 5.16 Å². The first-order valence-corrected chi connectivity index (χ1v) is 10.4. The fourth-order valence-corrected chi connectivity index (χ4v) is 3.67. The third-order valence-corrected chi connectivity index (χ3v) is 5.53. The molecule has 2 aromatic rings. The topological polar surface area (TPSA) is 109 Å². The highest BCUT2D eigenvalue weighted by Crippen LogP contribution is 2.15. The van der Waals surface area contributed by atoms with Crippen LogP contribution in [-0.2, 0) is 16.6 Å². The molecule has 2 N–H and O–H groups in total. The lowest BCUT2D eigenvalue weighted by atomic mass is 10.2. The van der Waals surface area contributed by atoms with Crippen molar-refractivity contribution in [2.75, 3.05) is 30.7 Å². The number of hydrogen-bond donors (Lipinski definition) is 2. The maximum atomic E-state index is 12.3. The Morgan fingerprint density at radius 1 is 1.21 bits per heavy atom. The first kappa shape index (κ1) is 20.8. The minimum absolute atomic E-state index is 0.0734. The minimum Gasteiger partial charge on any atom is -0.352 e. The summed E-state index contributed by atoms with van der Waals surface area (Å²) in [7, 11) is 1.81. The number of amides is 3. The average Bonchev–Trinajstić information content (AvgIpc) is 3.38. The first-order chi connectivity index (χ1) is 14.0. The fraction of sp³-hybridized carbons (Fsp3) is 0.421. The van der Waals surface area contributed by atoms with Crippen molar-refractivity contribution >= 4 is 35.2 Å². The van der Waals surface area contributed by atoms with E-state index in [9.17, 15) is 14.4 Å². The predicted molar refractivity (Wildman–Crippen MR) is 110 cm³/mol. The number of rotatable bonds is 8. The Hall–Kier alpha value is -2.88. The molecule has 1 aliphatic heterocycles. The van der Waals surface area contributed by atoms with Crippen LogP contribution in [0.5, 0.6) is 0 Å². The van der Waals surface area contributed by atoms with Gasteiger partial charge in [-0.15, -0.1) is 10.2 Å². The van der Waals surface area contributed by atoms with E-state index in [1.165, 1.54) is 11.8 Å². The van der Waals surface area contributed by atoms with Crippen molar-refractivity contribution in [2.24, 2.45) is 7.05 Å². The summed E-state index contributed by atoms with van der Waals surface area (Å²) in [6.45, 7) is 1.91. The number of aromatic nitrogens is 3. The molecule has 1 aliphatic rings. The second-order valence-corrected chi connectivity index (χ2v) is 7.68. The summed E-state index contributed by atoms with van der Waals surface area (Å²) in [5.74, 6) is -0.221. The molecule has 0 spiro atoms. The zero-order valence-electron chi connectivity index (χ0n) is 16.3. The number of hydrogen-bond acceptors (Lipinski definition) is 6. The van der Waals surface area contributed by atoms with Crippen LogP contribution in [0.1, 0.15) is 29.6 Å². The zero-order valence-corrected chi connectivity index (χ0v) is 17.1. The smallest absolute Gasteiger partial charge is 0.251 e. The van der Waals surface area contributed by atoms with Crippen molar-refractivity contribution < 1.29 is 14.4 Å². The molecule has 0 saturated carbocycles. The van der Waals surface area contributed by atoms with Crippen LogP contribution < -0.4 is 10.6 Å². The van der Waals surface area contributed by atoms with Gasteiger partial charge in [-0.3, -0.25) is 14.4 Å². The summed E-state index contributed by atoms with van der Waals surface area (Å²) in [6.07, 6.45) is 3.96. The van der Waals surface area contributed by atoms with Crippen LogP contribution in [0.15, 0.2) is 35.7 Å². The molecule has 2 heterocycles. The molecule has 3 amide bonds. The molecule has 3 rings (SSSR count). The van der Waals surface area contributed by atoms with E-state index in [-0.39, 0.29) is 23.5 Å². The van der Waals surface area contributed by atoms with Crippen LogP contribution in [0.4, 0.5) is 5.69 Å². The third-order valence-electron chi connectivity index (χ3n) is 4.49. The number of benzene rings is 1. The molecule has 29 heavy (non-hydrogen) atoms. The van der Waals surface area contributed by atoms with Crippen molar-refractivity contribution in [1.82, 2.24) is 25.0 Å². The second kappa shape index (κ2) is 10.1. The molecule has 0 unspecified atom stereocenters. The van der Waals surface area contributed by atoms with E-state index in [0.717, 1.165) is 25.9 Å². The number of nitrogens with zero attached hydrogens (tertiary/aromatic N) is 4. The highest BCUT2D eigenvalue weighted by atomic mass is 32.2. The molecule has 1 aromatic heterocycles. The monoisotopic (exact) mass is 416 g/mol. The first-order valence-electron chi connectivity index (χ1n) is 9.45. The van der Waals surface area contributed by atoms with Gasteiger partial charge in [0.1, 0.15) is 6.33 Å². The number of carbonyl (C=O) groups excluding carboxylic acids is 3. The van der Waals surface area contributed by atoms with Crippen molar-refractivity contribution in [1.29, 1.82) is 0 Å². The SMILES string of the molecule is Cn1cnnc1SCC(=O)Nc1cccc(C(=O)NCCC(=O)N2CCCC2)c1. The van der Waals surface area contributed by atoms with Gasteiger partial charge in [-0.2, -0.15) is 0 Å². The summed E-state index contributed by atoms with van der Waals surface area (Å²) in [4.78, 5) is 38.3. The second-order valence-electron chi connectivity index (χ2n) is 6.74. The minimum atomic E-state index is -0.274. The molecule has 154 valence electrons. The summed E-state index contributed by atoms with van der Waals surface area (Å²) in [5.41, 5.74) is 0.965. The van der Waals surface area contributed by atoms with E-state index in [1.54, 1.807) is 42.2 Å². The van der Waals surface area contributed by atoms with Gasteiger partial charge >= 0.3 is 0 Å². The van der Waals surface area contributed by atoms with E-state index < -0.39 is 0 Å². The van der Waals surface area contributed by atoms with Crippen molar-refractivity contribution in [2.45, 2.75) is 24.4 Å². The van der Waals surface area contributed by atoms with Gasteiger partial charge in [0.2, 0.25) is 11.8 Å². The Balaban J connectivity index is 1.45. The van der Waals surface area contributed by atoms with E-state index in [1.807, 2.05) is 4.90 Å². The number of likely N-dealkylation sites (tertiary alicyclic amines) is 1. The summed E-state index contributed by atoms with van der Waals surface area (Å²) in [6, 6.07) is 6.71. The molecule has 1 fully saturated rings. The van der Waals surface area contributed by atoms with Crippen LogP contribution in [0.2, 0.25) is 0 Å². The molecule has 0 bridgehead atoms. The Bertz CT molecular complexity index is 878. The van der Waals surface area contributed by atoms with E-state index in [0.29, 0.717) is 29.4 Å². The summed E-state index contributed by atoms with van der Waals surface area (Å²) >= 11 is 1.28. The number of carbonyl (C=O) groups is 3. The van der Waals surface area contributed by atoms with E-state index in [2.05, 4.69) is 20.8 Å². The van der Waals surface area contributed by atoms with Gasteiger partial charge in [0.25, 0.3) is 5.91 Å². The summed E-state index contributed by atoms with van der Waals surface area (Å²) in [5, 5.41) is 13.9. The number of thioether (sulfide) groups is 1. The molecule has 0 radical (unpaired) electrons. The lowest BCUT2D eigenvalue weighted by Gasteiger charge is -2.15. The maximum absolute atomic E-state index is 12.3. The number of nitrogens with one attached hydrogen (secondary N) is 2. The quantitative estimate of drug-likeness (QED) is 0.628. The largest absolute Gasteiger partial charge is 0.352 e. The Morgan fingerprint density at radius 2 is 2.00 bits per heavy atom. The highest BCUT2D eigenvalue weighted by molar-refractivity contribution is 7.99. The lowest BCUT2D eigenvalue weighted by Crippen LogP contribution is -2.32. The van der Waals surface area contributed by atoms with Crippen LogP contribution in [0, 0.1) is 0 Å². The van der Waals surface area contributed by atoms with Crippen LogP contribution in [0.3, 0.4) is 0 Å². The zero-order chi connectivity index (χ0) is 20.6. The van der Waals surface area contributed by atoms with Crippen LogP contribution in [0.25, 0.3) is 0 Å². The number of anilines is 1. The Labute approximate surface area is 173 Å². The van der Waals surface area contributed by atoms with Crippen molar-refractivity contribution in [3.05, 3.63) is 36.2 Å². The van der Waals surface area contributed by atoms with Crippen LogP contribution >= 0.6 is 11.8 Å². The maximum Gasteiger partial charge on any atom is 0.251 e. The van der Waals surface area contributed by atoms with Crippen molar-refractivity contribution in [3.63, 3.8) is 0 Å². The van der Waals surface area contributed by atoms with Gasteiger partial charge in [-0.05, 0) is 31.0 Å². The molecule has 0 aliphatic carbocycles. The highest BCUT2D eigenvalue weighted by Gasteiger charge is 2.17. The third kappa shape index (κ3) is 6.05. The van der Waals surface area contributed by atoms with Gasteiger partial charge < -0.3 is 20.1 Å². The van der Waals surface area contributed by atoms with Crippen molar-refractivity contribution in [3.8, 4) is 0 Å². The van der Waals surface area contributed by atoms with Gasteiger partial charge in [0, 0.05) is 44.4 Å². The average molecular weight is 417 g/mol. The van der Waals surface area contributed by atoms with E-state index >= 15 is 0 Å². The predicted octanol–water partition coefficient (Wildman–Crippen LogP) is 1.29.